The number of nitrogens with zero attached hydrogens (tertiary/aromatic N) is 2. The number of hydrogen-bond acceptors (Lipinski definition) is 5. The summed E-state index contributed by atoms with van der Waals surface area (Å²) in [6.45, 7) is 1.82. The zero-order valence-corrected chi connectivity index (χ0v) is 11.4. The third-order valence-electron chi connectivity index (χ3n) is 2.92. The van der Waals surface area contributed by atoms with Gasteiger partial charge in [0.15, 0.2) is 17.8 Å². The lowest BCUT2D eigenvalue weighted by Gasteiger charge is -2.12. The number of halogens is 1. The Labute approximate surface area is 121 Å². The molecular weight excluding hydrogens is 275 g/mol. The molecule has 0 spiro atoms. The van der Waals surface area contributed by atoms with Crippen molar-refractivity contribution in [2.45, 2.75) is 25.9 Å². The summed E-state index contributed by atoms with van der Waals surface area (Å²) in [6, 6.07) is 7.45. The van der Waals surface area contributed by atoms with Gasteiger partial charge in [0.25, 0.3) is 0 Å². The van der Waals surface area contributed by atoms with Crippen molar-refractivity contribution >= 4 is 5.97 Å². The zero-order chi connectivity index (χ0) is 15.2. The number of benzene rings is 1. The van der Waals surface area contributed by atoms with Gasteiger partial charge in [0.1, 0.15) is 11.9 Å². The molecule has 0 unspecified atom stereocenters. The fourth-order valence-electron chi connectivity index (χ4n) is 1.78. The lowest BCUT2D eigenvalue weighted by molar-refractivity contribution is 0.0298. The van der Waals surface area contributed by atoms with Crippen molar-refractivity contribution in [1.29, 1.82) is 5.26 Å². The van der Waals surface area contributed by atoms with Crippen molar-refractivity contribution in [3.63, 3.8) is 0 Å². The van der Waals surface area contributed by atoms with Crippen molar-refractivity contribution in [1.82, 2.24) is 4.98 Å². The number of nitriles is 1. The van der Waals surface area contributed by atoms with Crippen LogP contribution in [0.5, 0.6) is 0 Å². The first-order valence-corrected chi connectivity index (χ1v) is 6.43. The van der Waals surface area contributed by atoms with Crippen LogP contribution in [0, 0.1) is 17.1 Å². The highest BCUT2D eigenvalue weighted by molar-refractivity contribution is 5.93. The molecule has 0 saturated carbocycles. The van der Waals surface area contributed by atoms with Crippen molar-refractivity contribution in [2.24, 2.45) is 0 Å². The van der Waals surface area contributed by atoms with Gasteiger partial charge >= 0.3 is 5.97 Å². The van der Waals surface area contributed by atoms with Crippen LogP contribution in [0.25, 0.3) is 11.3 Å². The number of carbonyl (C=O) groups is 1. The number of ether oxygens (including phenoxy) is 1. The van der Waals surface area contributed by atoms with Gasteiger partial charge in [-0.15, -0.1) is 0 Å². The van der Waals surface area contributed by atoms with Gasteiger partial charge in [0.2, 0.25) is 0 Å². The molecule has 2 rings (SSSR count). The quantitative estimate of drug-likeness (QED) is 0.789. The van der Waals surface area contributed by atoms with Gasteiger partial charge in [0.05, 0.1) is 12.5 Å². The molecule has 2 aromatic rings. The standard InChI is InChI=1S/C15H13FN2O3/c1-2-12(7-8-17)21-15(19)13-14(20-9-18-13)10-3-5-11(16)6-4-10/h3-6,9,12H,2,7H2,1H3/t12-/m0/s1. The van der Waals surface area contributed by atoms with E-state index in [0.717, 1.165) is 6.39 Å². The lowest BCUT2D eigenvalue weighted by Crippen LogP contribution is -2.17. The van der Waals surface area contributed by atoms with E-state index in [1.54, 1.807) is 0 Å². The number of aromatic nitrogens is 1. The second-order valence-corrected chi connectivity index (χ2v) is 4.33. The maximum Gasteiger partial charge on any atom is 0.361 e. The summed E-state index contributed by atoms with van der Waals surface area (Å²) in [7, 11) is 0. The maximum absolute atomic E-state index is 12.9. The van der Waals surface area contributed by atoms with Crippen LogP contribution >= 0.6 is 0 Å². The highest BCUT2D eigenvalue weighted by atomic mass is 19.1. The Kier molecular flexibility index (Phi) is 4.67. The van der Waals surface area contributed by atoms with Gasteiger partial charge in [-0.1, -0.05) is 6.92 Å². The van der Waals surface area contributed by atoms with Crippen molar-refractivity contribution in [2.75, 3.05) is 0 Å². The summed E-state index contributed by atoms with van der Waals surface area (Å²) in [5.74, 6) is -0.834. The van der Waals surface area contributed by atoms with E-state index in [0.29, 0.717) is 12.0 Å². The summed E-state index contributed by atoms with van der Waals surface area (Å²) in [5, 5.41) is 8.66. The molecule has 0 aliphatic carbocycles. The van der Waals surface area contributed by atoms with Gasteiger partial charge in [-0.2, -0.15) is 5.26 Å². The fourth-order valence-corrected chi connectivity index (χ4v) is 1.78. The van der Waals surface area contributed by atoms with Crippen LogP contribution < -0.4 is 0 Å². The molecule has 1 heterocycles. The Morgan fingerprint density at radius 2 is 2.19 bits per heavy atom. The van der Waals surface area contributed by atoms with Gasteiger partial charge in [-0.05, 0) is 30.7 Å². The molecule has 1 aromatic carbocycles. The van der Waals surface area contributed by atoms with Crippen LogP contribution in [-0.2, 0) is 4.74 Å². The van der Waals surface area contributed by atoms with E-state index >= 15 is 0 Å². The van der Waals surface area contributed by atoms with Crippen molar-refractivity contribution in [3.05, 3.63) is 42.2 Å². The highest BCUT2D eigenvalue weighted by Crippen LogP contribution is 2.24. The molecule has 1 aromatic heterocycles. The smallest absolute Gasteiger partial charge is 0.361 e. The molecule has 0 aliphatic heterocycles. The predicted molar refractivity (Wildman–Crippen MR) is 71.6 cm³/mol. The predicted octanol–water partition coefficient (Wildman–Crippen LogP) is 3.33. The molecule has 21 heavy (non-hydrogen) atoms. The number of hydrogen-bond donors (Lipinski definition) is 0. The number of carbonyl (C=O) groups excluding carboxylic acids is 1. The molecule has 0 fully saturated rings. The van der Waals surface area contributed by atoms with Crippen molar-refractivity contribution in [3.8, 4) is 17.4 Å². The molecule has 6 heteroatoms. The third-order valence-corrected chi connectivity index (χ3v) is 2.92. The van der Waals surface area contributed by atoms with Crippen LogP contribution in [-0.4, -0.2) is 17.1 Å². The van der Waals surface area contributed by atoms with E-state index < -0.39 is 12.1 Å². The molecule has 0 amide bonds. The molecule has 108 valence electrons. The first kappa shape index (κ1) is 14.7. The zero-order valence-electron chi connectivity index (χ0n) is 11.4. The first-order chi connectivity index (χ1) is 10.2. The van der Waals surface area contributed by atoms with Crippen LogP contribution in [0.1, 0.15) is 30.3 Å². The molecule has 1 atom stereocenters. The Morgan fingerprint density at radius 3 is 2.81 bits per heavy atom. The van der Waals surface area contributed by atoms with E-state index in [-0.39, 0.29) is 23.7 Å². The SMILES string of the molecule is CC[C@@H](CC#N)OC(=O)c1ncoc1-c1ccc(F)cc1. The molecule has 0 aliphatic rings. The number of rotatable bonds is 5. The minimum Gasteiger partial charge on any atom is -0.456 e. The van der Waals surface area contributed by atoms with Crippen LogP contribution in [0.4, 0.5) is 4.39 Å². The van der Waals surface area contributed by atoms with E-state index in [9.17, 15) is 9.18 Å². The molecule has 0 bridgehead atoms. The van der Waals surface area contributed by atoms with Crippen molar-refractivity contribution < 1.29 is 18.3 Å². The highest BCUT2D eigenvalue weighted by Gasteiger charge is 2.22. The number of esters is 1. The Morgan fingerprint density at radius 1 is 1.48 bits per heavy atom. The van der Waals surface area contributed by atoms with Gasteiger partial charge in [-0.25, -0.2) is 14.2 Å². The average molecular weight is 288 g/mol. The normalized spacial score (nSPS) is 11.7. The summed E-state index contributed by atoms with van der Waals surface area (Å²) in [5.41, 5.74) is 0.534. The maximum atomic E-state index is 12.9. The average Bonchev–Trinajstić information content (AvgIpc) is 2.97. The van der Waals surface area contributed by atoms with Crippen LogP contribution in [0.2, 0.25) is 0 Å². The minimum absolute atomic E-state index is 0.0120. The second-order valence-electron chi connectivity index (χ2n) is 4.33. The van der Waals surface area contributed by atoms with Crippen LogP contribution in [0.3, 0.4) is 0 Å². The molecule has 5 nitrogen and oxygen atoms in total. The summed E-state index contributed by atoms with van der Waals surface area (Å²) >= 11 is 0. The molecule has 0 saturated heterocycles. The number of oxazole rings is 1. The molecule has 0 radical (unpaired) electrons. The van der Waals surface area contributed by atoms with Gasteiger partial charge in [-0.3, -0.25) is 0 Å². The van der Waals surface area contributed by atoms with Gasteiger partial charge in [0, 0.05) is 5.56 Å². The first-order valence-electron chi connectivity index (χ1n) is 6.43. The molecule has 0 N–H and O–H groups in total. The summed E-state index contributed by atoms with van der Waals surface area (Å²) < 4.78 is 23.3. The Hall–Kier alpha value is -2.68. The lowest BCUT2D eigenvalue weighted by atomic mass is 10.1. The van der Waals surface area contributed by atoms with Gasteiger partial charge < -0.3 is 9.15 Å². The minimum atomic E-state index is -0.662. The molecular formula is C15H13FN2O3. The third kappa shape index (κ3) is 3.45. The van der Waals surface area contributed by atoms with Crippen LogP contribution in [0.15, 0.2) is 35.1 Å². The second kappa shape index (κ2) is 6.66. The fraction of sp³-hybridized carbons (Fsp3) is 0.267. The summed E-state index contributed by atoms with van der Waals surface area (Å²) in [4.78, 5) is 15.9. The van der Waals surface area contributed by atoms with E-state index in [1.165, 1.54) is 24.3 Å². The monoisotopic (exact) mass is 288 g/mol. The largest absolute Gasteiger partial charge is 0.456 e. The van der Waals surface area contributed by atoms with E-state index in [4.69, 9.17) is 14.4 Å². The Bertz CT molecular complexity index is 658. The summed E-state index contributed by atoms with van der Waals surface area (Å²) in [6.07, 6.45) is 1.29. The Balaban J connectivity index is 2.22. The topological polar surface area (TPSA) is 76.1 Å². The van der Waals surface area contributed by atoms with E-state index in [2.05, 4.69) is 4.98 Å². The van der Waals surface area contributed by atoms with E-state index in [1.807, 2.05) is 13.0 Å².